The Kier molecular flexibility index (Phi) is 6.58. The summed E-state index contributed by atoms with van der Waals surface area (Å²) in [6, 6.07) is 12.2. The van der Waals surface area contributed by atoms with Crippen LogP contribution in [0.1, 0.15) is 57.3 Å². The second-order valence-electron chi connectivity index (χ2n) is 8.09. The molecule has 0 radical (unpaired) electrons. The number of aryl methyl sites for hydroxylation is 1. The minimum Gasteiger partial charge on any atom is -0.296 e. The van der Waals surface area contributed by atoms with Crippen LogP contribution in [0.2, 0.25) is 0 Å². The van der Waals surface area contributed by atoms with Crippen LogP contribution in [0.4, 0.5) is 0 Å². The molecule has 0 aliphatic rings. The molecular weight excluding hydrogens is 402 g/mol. The molecule has 0 amide bonds. The van der Waals surface area contributed by atoms with Crippen molar-refractivity contribution in [2.24, 2.45) is 0 Å². The Bertz CT molecular complexity index is 1210. The molecule has 3 heterocycles. The summed E-state index contributed by atoms with van der Waals surface area (Å²) in [6.45, 7) is 6.94. The number of imidazole rings is 1. The lowest BCUT2D eigenvalue weighted by Gasteiger charge is -2.10. The molecule has 0 aliphatic carbocycles. The average Bonchev–Trinajstić information content (AvgIpc) is 3.47. The van der Waals surface area contributed by atoms with Gasteiger partial charge in [-0.05, 0) is 49.1 Å². The first kappa shape index (κ1) is 21.7. The molecule has 4 aromatic rings. The van der Waals surface area contributed by atoms with Crippen LogP contribution in [0.5, 0.6) is 0 Å². The van der Waals surface area contributed by atoms with E-state index < -0.39 is 0 Å². The highest BCUT2D eigenvalue weighted by Gasteiger charge is 2.16. The summed E-state index contributed by atoms with van der Waals surface area (Å²) in [7, 11) is 0. The Balaban J connectivity index is 1.63. The van der Waals surface area contributed by atoms with E-state index >= 15 is 0 Å². The molecule has 0 aliphatic heterocycles. The third-order valence-electron chi connectivity index (χ3n) is 5.90. The van der Waals surface area contributed by atoms with Crippen LogP contribution in [-0.4, -0.2) is 34.7 Å². The van der Waals surface area contributed by atoms with Gasteiger partial charge in [-0.2, -0.15) is 5.21 Å². The van der Waals surface area contributed by atoms with Crippen LogP contribution in [0.25, 0.3) is 22.6 Å². The lowest BCUT2D eigenvalue weighted by molar-refractivity contribution is 0.504. The Hall–Kier alpha value is -3.55. The molecule has 4 rings (SSSR count). The van der Waals surface area contributed by atoms with Gasteiger partial charge in [0.2, 0.25) is 5.82 Å². The smallest absolute Gasteiger partial charge is 0.296 e. The normalized spacial score (nSPS) is 12.2. The number of tetrazole rings is 1. The number of benzene rings is 1. The quantitative estimate of drug-likeness (QED) is 0.427. The minimum atomic E-state index is 0.0682. The molecule has 1 atom stereocenters. The van der Waals surface area contributed by atoms with Crippen LogP contribution < -0.4 is 5.69 Å². The Labute approximate surface area is 187 Å². The molecule has 32 heavy (non-hydrogen) atoms. The predicted octanol–water partition coefficient (Wildman–Crippen LogP) is 4.25. The van der Waals surface area contributed by atoms with Gasteiger partial charge in [0, 0.05) is 35.3 Å². The molecule has 166 valence electrons. The van der Waals surface area contributed by atoms with Crippen LogP contribution in [-0.2, 0) is 13.0 Å². The minimum absolute atomic E-state index is 0.0682. The molecule has 8 nitrogen and oxygen atoms in total. The molecule has 0 fully saturated rings. The van der Waals surface area contributed by atoms with Gasteiger partial charge in [0.05, 0.1) is 12.2 Å². The third kappa shape index (κ3) is 4.39. The van der Waals surface area contributed by atoms with Gasteiger partial charge in [0.15, 0.2) is 0 Å². The van der Waals surface area contributed by atoms with E-state index in [0.717, 1.165) is 53.8 Å². The SMILES string of the molecule is CCCCc1cn(C(C)CC)c(=O)n1Cc1ccc(-c2ncccc2-c2nn[nH]n2)cc1. The highest BCUT2D eigenvalue weighted by Crippen LogP contribution is 2.27. The lowest BCUT2D eigenvalue weighted by atomic mass is 10.0. The van der Waals surface area contributed by atoms with Crippen LogP contribution in [0.3, 0.4) is 0 Å². The molecule has 1 N–H and O–H groups in total. The summed E-state index contributed by atoms with van der Waals surface area (Å²) >= 11 is 0. The standard InChI is InChI=1S/C24H29N7O/c1-4-6-8-20-16-30(17(3)5-2)24(32)31(20)15-18-10-12-19(13-11-18)22-21(9-7-14-25-22)23-26-28-29-27-23/h7,9-14,16-17H,4-6,8,15H2,1-3H3,(H,26,27,28,29). The van der Waals surface area contributed by atoms with E-state index in [0.29, 0.717) is 12.4 Å². The molecule has 8 heteroatoms. The average molecular weight is 432 g/mol. The van der Waals surface area contributed by atoms with Crippen molar-refractivity contribution in [3.8, 4) is 22.6 Å². The number of H-pyrrole nitrogens is 1. The van der Waals surface area contributed by atoms with E-state index in [1.54, 1.807) is 6.20 Å². The zero-order chi connectivity index (χ0) is 22.5. The van der Waals surface area contributed by atoms with E-state index in [-0.39, 0.29) is 11.7 Å². The second kappa shape index (κ2) is 9.72. The van der Waals surface area contributed by atoms with Crippen molar-refractivity contribution in [3.63, 3.8) is 0 Å². The first-order valence-corrected chi connectivity index (χ1v) is 11.2. The van der Waals surface area contributed by atoms with Gasteiger partial charge in [0.25, 0.3) is 0 Å². The molecule has 0 bridgehead atoms. The summed E-state index contributed by atoms with van der Waals surface area (Å²) in [6.07, 6.45) is 7.81. The van der Waals surface area contributed by atoms with Gasteiger partial charge < -0.3 is 0 Å². The molecular formula is C24H29N7O. The highest BCUT2D eigenvalue weighted by atomic mass is 16.1. The number of pyridine rings is 1. The first-order valence-electron chi connectivity index (χ1n) is 11.2. The molecule has 0 saturated carbocycles. The highest BCUT2D eigenvalue weighted by molar-refractivity contribution is 5.76. The topological polar surface area (TPSA) is 94.3 Å². The van der Waals surface area contributed by atoms with Crippen molar-refractivity contribution in [2.45, 2.75) is 59.0 Å². The monoisotopic (exact) mass is 431 g/mol. The number of rotatable bonds is 9. The van der Waals surface area contributed by atoms with Gasteiger partial charge in [0.1, 0.15) is 0 Å². The van der Waals surface area contributed by atoms with Crippen molar-refractivity contribution in [3.05, 3.63) is 70.5 Å². The maximum atomic E-state index is 13.1. The number of hydrogen-bond donors (Lipinski definition) is 1. The fourth-order valence-corrected chi connectivity index (χ4v) is 3.83. The number of hydrogen-bond acceptors (Lipinski definition) is 5. The van der Waals surface area contributed by atoms with Crippen molar-refractivity contribution >= 4 is 0 Å². The van der Waals surface area contributed by atoms with E-state index in [2.05, 4.69) is 58.5 Å². The van der Waals surface area contributed by atoms with Gasteiger partial charge in [-0.3, -0.25) is 14.1 Å². The fourth-order valence-electron chi connectivity index (χ4n) is 3.83. The molecule has 3 aromatic heterocycles. The van der Waals surface area contributed by atoms with Crippen molar-refractivity contribution in [1.82, 2.24) is 34.7 Å². The van der Waals surface area contributed by atoms with E-state index in [1.165, 1.54) is 0 Å². The number of nitrogens with one attached hydrogen (secondary N) is 1. The predicted molar refractivity (Wildman–Crippen MR) is 124 cm³/mol. The van der Waals surface area contributed by atoms with E-state index in [1.807, 2.05) is 39.6 Å². The van der Waals surface area contributed by atoms with Crippen molar-refractivity contribution in [2.75, 3.05) is 0 Å². The Morgan fingerprint density at radius 2 is 1.94 bits per heavy atom. The van der Waals surface area contributed by atoms with Crippen LogP contribution >= 0.6 is 0 Å². The Morgan fingerprint density at radius 3 is 2.62 bits per heavy atom. The van der Waals surface area contributed by atoms with E-state index in [9.17, 15) is 4.79 Å². The Morgan fingerprint density at radius 1 is 1.12 bits per heavy atom. The molecule has 1 aromatic carbocycles. The fraction of sp³-hybridized carbons (Fsp3) is 0.375. The number of aromatic nitrogens is 7. The zero-order valence-electron chi connectivity index (χ0n) is 18.8. The zero-order valence-corrected chi connectivity index (χ0v) is 18.8. The van der Waals surface area contributed by atoms with Crippen molar-refractivity contribution in [1.29, 1.82) is 0 Å². The van der Waals surface area contributed by atoms with Crippen molar-refractivity contribution < 1.29 is 0 Å². The summed E-state index contributed by atoms with van der Waals surface area (Å²) in [4.78, 5) is 17.6. The van der Waals surface area contributed by atoms with Crippen LogP contribution in [0.15, 0.2) is 53.6 Å². The molecule has 0 saturated heterocycles. The van der Waals surface area contributed by atoms with Gasteiger partial charge in [-0.15, -0.1) is 10.2 Å². The van der Waals surface area contributed by atoms with Crippen LogP contribution in [0, 0.1) is 0 Å². The summed E-state index contributed by atoms with van der Waals surface area (Å²) in [5.74, 6) is 0.510. The van der Waals surface area contributed by atoms with Gasteiger partial charge in [-0.25, -0.2) is 4.79 Å². The number of nitrogens with zero attached hydrogens (tertiary/aromatic N) is 6. The van der Waals surface area contributed by atoms with Gasteiger partial charge in [-0.1, -0.05) is 44.5 Å². The van der Waals surface area contributed by atoms with E-state index in [4.69, 9.17) is 0 Å². The first-order chi connectivity index (χ1) is 15.6. The third-order valence-corrected chi connectivity index (χ3v) is 5.90. The largest absolute Gasteiger partial charge is 0.328 e. The number of aromatic amines is 1. The lowest BCUT2D eigenvalue weighted by Crippen LogP contribution is -2.27. The van der Waals surface area contributed by atoms with Gasteiger partial charge >= 0.3 is 5.69 Å². The maximum Gasteiger partial charge on any atom is 0.328 e. The summed E-state index contributed by atoms with van der Waals surface area (Å²) < 4.78 is 3.80. The summed E-state index contributed by atoms with van der Waals surface area (Å²) in [5.41, 5.74) is 4.82. The molecule has 0 spiro atoms. The molecule has 1 unspecified atom stereocenters. The summed E-state index contributed by atoms with van der Waals surface area (Å²) in [5, 5.41) is 14.3. The maximum absolute atomic E-state index is 13.1. The number of unbranched alkanes of at least 4 members (excludes halogenated alkanes) is 1. The second-order valence-corrected chi connectivity index (χ2v) is 8.09.